The van der Waals surface area contributed by atoms with Crippen LogP contribution < -0.4 is 5.32 Å². The van der Waals surface area contributed by atoms with Crippen LogP contribution in [0, 0.1) is 0 Å². The van der Waals surface area contributed by atoms with Crippen molar-refractivity contribution in [2.45, 2.75) is 19.4 Å². The Morgan fingerprint density at radius 3 is 3.00 bits per heavy atom. The predicted molar refractivity (Wildman–Crippen MR) is 79.2 cm³/mol. The zero-order valence-corrected chi connectivity index (χ0v) is 12.4. The van der Waals surface area contributed by atoms with E-state index in [0.717, 1.165) is 25.1 Å². The Bertz CT molecular complexity index is 461. The molecule has 1 aromatic heterocycles. The summed E-state index contributed by atoms with van der Waals surface area (Å²) in [6.07, 6.45) is 1.92. The maximum atomic E-state index is 12.0. The SMILES string of the molecule is CCc1ccnc(C(=O)NCC(O)CN2CCOCC2)c1. The third-order valence-electron chi connectivity index (χ3n) is 3.54. The van der Waals surface area contributed by atoms with Gasteiger partial charge in [-0.1, -0.05) is 6.92 Å². The molecule has 2 heterocycles. The second-order valence-electron chi connectivity index (χ2n) is 5.18. The third kappa shape index (κ3) is 5.08. The van der Waals surface area contributed by atoms with Crippen LogP contribution in [0.5, 0.6) is 0 Å². The summed E-state index contributed by atoms with van der Waals surface area (Å²) in [6, 6.07) is 3.67. The molecular weight excluding hydrogens is 270 g/mol. The molecule has 0 spiro atoms. The fourth-order valence-corrected chi connectivity index (χ4v) is 2.27. The number of aromatic nitrogens is 1. The van der Waals surface area contributed by atoms with Crippen LogP contribution in [0.1, 0.15) is 23.0 Å². The molecule has 1 fully saturated rings. The van der Waals surface area contributed by atoms with Crippen molar-refractivity contribution < 1.29 is 14.6 Å². The van der Waals surface area contributed by atoms with E-state index >= 15 is 0 Å². The number of hydrogen-bond donors (Lipinski definition) is 2. The summed E-state index contributed by atoms with van der Waals surface area (Å²) in [4.78, 5) is 18.2. The summed E-state index contributed by atoms with van der Waals surface area (Å²) in [5.74, 6) is -0.244. The van der Waals surface area contributed by atoms with Gasteiger partial charge in [-0.05, 0) is 24.1 Å². The average molecular weight is 293 g/mol. The van der Waals surface area contributed by atoms with Crippen LogP contribution in [0.25, 0.3) is 0 Å². The summed E-state index contributed by atoms with van der Waals surface area (Å²) in [5, 5.41) is 12.7. The number of ether oxygens (including phenoxy) is 1. The van der Waals surface area contributed by atoms with Gasteiger partial charge in [-0.15, -0.1) is 0 Å². The molecule has 116 valence electrons. The first kappa shape index (κ1) is 15.9. The van der Waals surface area contributed by atoms with Gasteiger partial charge in [0.1, 0.15) is 5.69 Å². The summed E-state index contributed by atoms with van der Waals surface area (Å²) < 4.78 is 5.26. The Morgan fingerprint density at radius 1 is 1.52 bits per heavy atom. The topological polar surface area (TPSA) is 74.7 Å². The number of amides is 1. The Labute approximate surface area is 125 Å². The standard InChI is InChI=1S/C15H23N3O3/c1-2-12-3-4-16-14(9-12)15(20)17-10-13(19)11-18-5-7-21-8-6-18/h3-4,9,13,19H,2,5-8,10-11H2,1H3,(H,17,20). The van der Waals surface area contributed by atoms with Gasteiger partial charge in [-0.25, -0.2) is 0 Å². The first-order chi connectivity index (χ1) is 10.2. The van der Waals surface area contributed by atoms with Gasteiger partial charge in [-0.3, -0.25) is 14.7 Å². The maximum absolute atomic E-state index is 12.0. The van der Waals surface area contributed by atoms with Gasteiger partial charge in [0, 0.05) is 32.4 Å². The fraction of sp³-hybridized carbons (Fsp3) is 0.600. The largest absolute Gasteiger partial charge is 0.390 e. The van der Waals surface area contributed by atoms with Crippen LogP contribution in [-0.4, -0.2) is 66.4 Å². The van der Waals surface area contributed by atoms with Gasteiger partial charge in [0.25, 0.3) is 5.91 Å². The molecule has 0 aromatic carbocycles. The number of β-amino-alcohol motifs (C(OH)–C–C–N with tert-alkyl or cyclic N) is 1. The number of carbonyl (C=O) groups excluding carboxylic acids is 1. The molecule has 0 saturated carbocycles. The quantitative estimate of drug-likeness (QED) is 0.776. The Balaban J connectivity index is 1.77. The highest BCUT2D eigenvalue weighted by Gasteiger charge is 2.16. The smallest absolute Gasteiger partial charge is 0.269 e. The van der Waals surface area contributed by atoms with E-state index in [4.69, 9.17) is 4.74 Å². The number of aryl methyl sites for hydroxylation is 1. The van der Waals surface area contributed by atoms with Crippen molar-refractivity contribution in [3.8, 4) is 0 Å². The molecule has 1 aromatic rings. The predicted octanol–water partition coefficient (Wildman–Crippen LogP) is 0.0669. The normalized spacial score (nSPS) is 17.4. The molecule has 1 amide bonds. The molecule has 1 aliphatic heterocycles. The van der Waals surface area contributed by atoms with Gasteiger partial charge in [-0.2, -0.15) is 0 Å². The first-order valence-corrected chi connectivity index (χ1v) is 7.40. The molecule has 6 nitrogen and oxygen atoms in total. The molecule has 1 aliphatic rings. The minimum atomic E-state index is -0.582. The highest BCUT2D eigenvalue weighted by atomic mass is 16.5. The van der Waals surface area contributed by atoms with E-state index in [1.807, 2.05) is 13.0 Å². The zero-order valence-electron chi connectivity index (χ0n) is 12.4. The number of carbonyl (C=O) groups is 1. The number of pyridine rings is 1. The van der Waals surface area contributed by atoms with Crippen molar-refractivity contribution >= 4 is 5.91 Å². The molecule has 0 radical (unpaired) electrons. The molecule has 0 bridgehead atoms. The van der Waals surface area contributed by atoms with E-state index in [2.05, 4.69) is 15.2 Å². The molecule has 6 heteroatoms. The zero-order chi connectivity index (χ0) is 15.1. The third-order valence-corrected chi connectivity index (χ3v) is 3.54. The van der Waals surface area contributed by atoms with E-state index in [-0.39, 0.29) is 12.5 Å². The Morgan fingerprint density at radius 2 is 2.29 bits per heavy atom. The molecule has 1 saturated heterocycles. The van der Waals surface area contributed by atoms with E-state index in [1.54, 1.807) is 12.3 Å². The van der Waals surface area contributed by atoms with Crippen molar-refractivity contribution in [3.63, 3.8) is 0 Å². The Hall–Kier alpha value is -1.50. The van der Waals surface area contributed by atoms with Crippen molar-refractivity contribution in [1.29, 1.82) is 0 Å². The fourth-order valence-electron chi connectivity index (χ4n) is 2.27. The van der Waals surface area contributed by atoms with Crippen LogP contribution in [-0.2, 0) is 11.2 Å². The van der Waals surface area contributed by atoms with Gasteiger partial charge < -0.3 is 15.2 Å². The maximum Gasteiger partial charge on any atom is 0.269 e. The van der Waals surface area contributed by atoms with Crippen molar-refractivity contribution in [2.75, 3.05) is 39.4 Å². The van der Waals surface area contributed by atoms with Crippen LogP contribution in [0.15, 0.2) is 18.3 Å². The van der Waals surface area contributed by atoms with Crippen LogP contribution in [0.2, 0.25) is 0 Å². The lowest BCUT2D eigenvalue weighted by molar-refractivity contribution is 0.0149. The van der Waals surface area contributed by atoms with Crippen molar-refractivity contribution in [1.82, 2.24) is 15.2 Å². The number of aliphatic hydroxyl groups is 1. The van der Waals surface area contributed by atoms with E-state index in [9.17, 15) is 9.90 Å². The Kier molecular flexibility index (Phi) is 6.10. The van der Waals surface area contributed by atoms with Crippen molar-refractivity contribution in [2.24, 2.45) is 0 Å². The number of aliphatic hydroxyl groups excluding tert-OH is 1. The number of hydrogen-bond acceptors (Lipinski definition) is 5. The van der Waals surface area contributed by atoms with Crippen molar-refractivity contribution in [3.05, 3.63) is 29.6 Å². The van der Waals surface area contributed by atoms with Crippen LogP contribution >= 0.6 is 0 Å². The number of morpholine rings is 1. The molecule has 21 heavy (non-hydrogen) atoms. The monoisotopic (exact) mass is 293 g/mol. The molecule has 1 atom stereocenters. The summed E-state index contributed by atoms with van der Waals surface area (Å²) in [5.41, 5.74) is 1.47. The minimum absolute atomic E-state index is 0.230. The molecule has 0 aliphatic carbocycles. The summed E-state index contributed by atoms with van der Waals surface area (Å²) in [7, 11) is 0. The lowest BCUT2D eigenvalue weighted by atomic mass is 10.2. The van der Waals surface area contributed by atoms with Gasteiger partial charge in [0.15, 0.2) is 0 Å². The highest BCUT2D eigenvalue weighted by molar-refractivity contribution is 5.92. The summed E-state index contributed by atoms with van der Waals surface area (Å²) in [6.45, 7) is 5.86. The molecular formula is C15H23N3O3. The molecule has 1 unspecified atom stereocenters. The van der Waals surface area contributed by atoms with E-state index in [1.165, 1.54) is 0 Å². The van der Waals surface area contributed by atoms with Gasteiger partial charge in [0.05, 0.1) is 19.3 Å². The number of nitrogens with zero attached hydrogens (tertiary/aromatic N) is 2. The van der Waals surface area contributed by atoms with Gasteiger partial charge >= 0.3 is 0 Å². The lowest BCUT2D eigenvalue weighted by Gasteiger charge is -2.28. The second kappa shape index (κ2) is 8.07. The van der Waals surface area contributed by atoms with Crippen LogP contribution in [0.3, 0.4) is 0 Å². The van der Waals surface area contributed by atoms with E-state index < -0.39 is 6.10 Å². The second-order valence-corrected chi connectivity index (χ2v) is 5.18. The van der Waals surface area contributed by atoms with Gasteiger partial charge in [0.2, 0.25) is 0 Å². The number of nitrogens with one attached hydrogen (secondary N) is 1. The lowest BCUT2D eigenvalue weighted by Crippen LogP contribution is -2.44. The minimum Gasteiger partial charge on any atom is -0.390 e. The molecule has 2 rings (SSSR count). The highest BCUT2D eigenvalue weighted by Crippen LogP contribution is 2.03. The average Bonchev–Trinajstić information content (AvgIpc) is 2.53. The number of rotatable bonds is 6. The molecule has 2 N–H and O–H groups in total. The van der Waals surface area contributed by atoms with Crippen LogP contribution in [0.4, 0.5) is 0 Å². The van der Waals surface area contributed by atoms with E-state index in [0.29, 0.717) is 25.5 Å². The summed E-state index contributed by atoms with van der Waals surface area (Å²) >= 11 is 0. The first-order valence-electron chi connectivity index (χ1n) is 7.40.